The fraction of sp³-hybridized carbons (Fsp3) is 0.273. The average molecular weight is 236 g/mol. The van der Waals surface area contributed by atoms with Gasteiger partial charge in [-0.25, -0.2) is 4.79 Å². The van der Waals surface area contributed by atoms with Gasteiger partial charge in [0.25, 0.3) is 0 Å². The van der Waals surface area contributed by atoms with Crippen molar-refractivity contribution >= 4 is 11.9 Å². The molecule has 0 spiro atoms. The van der Waals surface area contributed by atoms with Crippen LogP contribution in [-0.2, 0) is 6.54 Å². The predicted molar refractivity (Wildman–Crippen MR) is 64.9 cm³/mol. The maximum absolute atomic E-state index is 11.3. The van der Waals surface area contributed by atoms with E-state index in [4.69, 9.17) is 10.9 Å². The zero-order valence-electron chi connectivity index (χ0n) is 9.84. The Labute approximate surface area is 99.7 Å². The normalized spacial score (nSPS) is 11.1. The Hall–Kier alpha value is -2.24. The molecule has 0 aliphatic heterocycles. The van der Waals surface area contributed by atoms with Crippen molar-refractivity contribution in [2.45, 2.75) is 6.54 Å². The summed E-state index contributed by atoms with van der Waals surface area (Å²) in [5.74, 6) is 0.0470. The van der Waals surface area contributed by atoms with Gasteiger partial charge in [-0.15, -0.1) is 0 Å². The van der Waals surface area contributed by atoms with Crippen LogP contribution in [0.5, 0.6) is 0 Å². The van der Waals surface area contributed by atoms with Gasteiger partial charge in [-0.3, -0.25) is 0 Å². The van der Waals surface area contributed by atoms with Crippen LogP contribution in [0.4, 0.5) is 4.79 Å². The van der Waals surface area contributed by atoms with Crippen molar-refractivity contribution in [2.75, 3.05) is 14.1 Å². The number of hydrogen-bond donors (Lipinski definition) is 3. The Bertz CT molecular complexity index is 429. The van der Waals surface area contributed by atoms with E-state index in [0.29, 0.717) is 12.1 Å². The summed E-state index contributed by atoms with van der Waals surface area (Å²) in [6.45, 7) is 0.392. The molecular formula is C11H16N4O2. The fourth-order valence-corrected chi connectivity index (χ4v) is 1.23. The van der Waals surface area contributed by atoms with Gasteiger partial charge in [0.2, 0.25) is 0 Å². The first kappa shape index (κ1) is 12.8. The summed E-state index contributed by atoms with van der Waals surface area (Å²) in [6, 6.07) is 6.95. The Morgan fingerprint density at radius 3 is 2.82 bits per heavy atom. The van der Waals surface area contributed by atoms with E-state index in [0.717, 1.165) is 5.56 Å². The number of nitrogens with one attached hydrogen (secondary N) is 1. The van der Waals surface area contributed by atoms with Crippen molar-refractivity contribution in [3.05, 3.63) is 35.4 Å². The number of rotatable bonds is 3. The van der Waals surface area contributed by atoms with E-state index in [1.807, 2.05) is 6.07 Å². The predicted octanol–water partition coefficient (Wildman–Crippen LogP) is 0.552. The average Bonchev–Trinajstić information content (AvgIpc) is 2.35. The number of nitrogens with zero attached hydrogens (tertiary/aromatic N) is 2. The van der Waals surface area contributed by atoms with Crippen LogP contribution in [0.3, 0.4) is 0 Å². The summed E-state index contributed by atoms with van der Waals surface area (Å²) in [7, 11) is 3.34. The first-order chi connectivity index (χ1) is 8.04. The molecule has 17 heavy (non-hydrogen) atoms. The lowest BCUT2D eigenvalue weighted by Gasteiger charge is -2.12. The highest BCUT2D eigenvalue weighted by atomic mass is 16.4. The highest BCUT2D eigenvalue weighted by Crippen LogP contribution is 2.05. The van der Waals surface area contributed by atoms with Crippen molar-refractivity contribution < 1.29 is 10.0 Å². The van der Waals surface area contributed by atoms with Crippen LogP contribution in [0.25, 0.3) is 0 Å². The van der Waals surface area contributed by atoms with Gasteiger partial charge in [-0.1, -0.05) is 23.4 Å². The first-order valence-corrected chi connectivity index (χ1v) is 5.06. The van der Waals surface area contributed by atoms with Gasteiger partial charge >= 0.3 is 6.03 Å². The molecule has 0 bridgehead atoms. The van der Waals surface area contributed by atoms with Gasteiger partial charge < -0.3 is 21.2 Å². The van der Waals surface area contributed by atoms with Crippen molar-refractivity contribution in [1.29, 1.82) is 0 Å². The van der Waals surface area contributed by atoms with Crippen LogP contribution in [0, 0.1) is 0 Å². The third-order valence-electron chi connectivity index (χ3n) is 2.18. The second-order valence-corrected chi connectivity index (χ2v) is 3.74. The van der Waals surface area contributed by atoms with E-state index >= 15 is 0 Å². The maximum Gasteiger partial charge on any atom is 0.317 e. The quantitative estimate of drug-likeness (QED) is 0.310. The number of urea groups is 1. The molecule has 92 valence electrons. The Morgan fingerprint density at radius 1 is 1.53 bits per heavy atom. The van der Waals surface area contributed by atoms with Crippen molar-refractivity contribution in [2.24, 2.45) is 10.9 Å². The molecule has 0 unspecified atom stereocenters. The topological polar surface area (TPSA) is 91.0 Å². The van der Waals surface area contributed by atoms with Gasteiger partial charge in [-0.05, 0) is 11.6 Å². The summed E-state index contributed by atoms with van der Waals surface area (Å²) in [6.07, 6.45) is 0. The third kappa shape index (κ3) is 3.67. The van der Waals surface area contributed by atoms with Crippen LogP contribution < -0.4 is 11.1 Å². The first-order valence-electron chi connectivity index (χ1n) is 5.06. The molecule has 0 atom stereocenters. The zero-order chi connectivity index (χ0) is 12.8. The van der Waals surface area contributed by atoms with Crippen molar-refractivity contribution in [3.8, 4) is 0 Å². The molecule has 0 aliphatic carbocycles. The molecule has 1 aromatic rings. The SMILES string of the molecule is CN(C)C(=O)NCc1cccc(C(N)=NO)c1. The molecule has 6 heteroatoms. The minimum atomic E-state index is -0.167. The van der Waals surface area contributed by atoms with Crippen LogP contribution in [0.15, 0.2) is 29.4 Å². The van der Waals surface area contributed by atoms with E-state index in [1.165, 1.54) is 4.90 Å². The largest absolute Gasteiger partial charge is 0.409 e. The zero-order valence-corrected chi connectivity index (χ0v) is 9.84. The summed E-state index contributed by atoms with van der Waals surface area (Å²) in [5.41, 5.74) is 6.97. The molecule has 4 N–H and O–H groups in total. The van der Waals surface area contributed by atoms with E-state index < -0.39 is 0 Å². The number of nitrogens with two attached hydrogens (primary N) is 1. The molecule has 2 amide bonds. The van der Waals surface area contributed by atoms with Crippen LogP contribution in [0.1, 0.15) is 11.1 Å². The number of carbonyl (C=O) groups is 1. The number of benzene rings is 1. The molecule has 0 fully saturated rings. The molecule has 0 aliphatic rings. The van der Waals surface area contributed by atoms with E-state index in [1.54, 1.807) is 32.3 Å². The Kier molecular flexibility index (Phi) is 4.33. The molecule has 0 aromatic heterocycles. The molecule has 0 radical (unpaired) electrons. The Morgan fingerprint density at radius 2 is 2.24 bits per heavy atom. The van der Waals surface area contributed by atoms with Gasteiger partial charge in [-0.2, -0.15) is 0 Å². The van der Waals surface area contributed by atoms with Crippen molar-refractivity contribution in [1.82, 2.24) is 10.2 Å². The monoisotopic (exact) mass is 236 g/mol. The number of amides is 2. The van der Waals surface area contributed by atoms with Crippen LogP contribution in [-0.4, -0.2) is 36.1 Å². The van der Waals surface area contributed by atoms with Gasteiger partial charge in [0.15, 0.2) is 5.84 Å². The molecular weight excluding hydrogens is 220 g/mol. The van der Waals surface area contributed by atoms with Gasteiger partial charge in [0.1, 0.15) is 0 Å². The summed E-state index contributed by atoms with van der Waals surface area (Å²) >= 11 is 0. The molecule has 0 saturated carbocycles. The van der Waals surface area contributed by atoms with Gasteiger partial charge in [0.05, 0.1) is 0 Å². The van der Waals surface area contributed by atoms with Gasteiger partial charge in [0, 0.05) is 26.2 Å². The maximum atomic E-state index is 11.3. The number of amidine groups is 1. The lowest BCUT2D eigenvalue weighted by atomic mass is 10.1. The molecule has 1 rings (SSSR count). The summed E-state index contributed by atoms with van der Waals surface area (Å²) in [4.78, 5) is 12.8. The van der Waals surface area contributed by atoms with E-state index in [9.17, 15) is 4.79 Å². The highest BCUT2D eigenvalue weighted by Gasteiger charge is 2.04. The minimum absolute atomic E-state index is 0.0470. The van der Waals surface area contributed by atoms with Crippen molar-refractivity contribution in [3.63, 3.8) is 0 Å². The lowest BCUT2D eigenvalue weighted by Crippen LogP contribution is -2.33. The second kappa shape index (κ2) is 5.74. The smallest absolute Gasteiger partial charge is 0.317 e. The van der Waals surface area contributed by atoms with E-state index in [-0.39, 0.29) is 11.9 Å². The molecule has 0 heterocycles. The van der Waals surface area contributed by atoms with Crippen LogP contribution >= 0.6 is 0 Å². The summed E-state index contributed by atoms with van der Waals surface area (Å²) < 4.78 is 0. The number of hydrogen-bond acceptors (Lipinski definition) is 3. The van der Waals surface area contributed by atoms with Crippen LogP contribution in [0.2, 0.25) is 0 Å². The van der Waals surface area contributed by atoms with E-state index in [2.05, 4.69) is 10.5 Å². The Balaban J connectivity index is 2.70. The summed E-state index contributed by atoms with van der Waals surface area (Å²) in [5, 5.41) is 14.2. The highest BCUT2D eigenvalue weighted by molar-refractivity contribution is 5.97. The number of oxime groups is 1. The minimum Gasteiger partial charge on any atom is -0.409 e. The fourth-order valence-electron chi connectivity index (χ4n) is 1.23. The molecule has 0 saturated heterocycles. The second-order valence-electron chi connectivity index (χ2n) is 3.74. The lowest BCUT2D eigenvalue weighted by molar-refractivity contribution is 0.217. The molecule has 6 nitrogen and oxygen atoms in total. The molecule has 1 aromatic carbocycles. The number of carbonyl (C=O) groups excluding carboxylic acids is 1. The third-order valence-corrected chi connectivity index (χ3v) is 2.18. The standard InChI is InChI=1S/C11H16N4O2/c1-15(2)11(16)13-7-8-4-3-5-9(6-8)10(12)14-17/h3-6,17H,7H2,1-2H3,(H2,12,14)(H,13,16).